The van der Waals surface area contributed by atoms with Crippen molar-refractivity contribution in [2.45, 2.75) is 31.6 Å². The van der Waals surface area contributed by atoms with E-state index >= 15 is 0 Å². The van der Waals surface area contributed by atoms with Crippen LogP contribution in [0.2, 0.25) is 0 Å². The highest BCUT2D eigenvalue weighted by Crippen LogP contribution is 2.34. The van der Waals surface area contributed by atoms with E-state index in [-0.39, 0.29) is 17.6 Å². The Kier molecular flexibility index (Phi) is 7.86. The summed E-state index contributed by atoms with van der Waals surface area (Å²) in [5.41, 5.74) is -1.06. The van der Waals surface area contributed by atoms with Gasteiger partial charge in [0.15, 0.2) is 5.96 Å². The van der Waals surface area contributed by atoms with Crippen LogP contribution in [0.5, 0.6) is 0 Å². The van der Waals surface area contributed by atoms with Crippen molar-refractivity contribution in [2.24, 2.45) is 4.99 Å². The van der Waals surface area contributed by atoms with Gasteiger partial charge in [-0.25, -0.2) is 9.38 Å². The van der Waals surface area contributed by atoms with Crippen molar-refractivity contribution < 1.29 is 22.3 Å². The van der Waals surface area contributed by atoms with Gasteiger partial charge in [0, 0.05) is 37.5 Å². The molecule has 0 amide bonds. The van der Waals surface area contributed by atoms with Gasteiger partial charge in [0.05, 0.1) is 25.3 Å². The van der Waals surface area contributed by atoms with Crippen molar-refractivity contribution in [3.8, 4) is 0 Å². The van der Waals surface area contributed by atoms with E-state index in [2.05, 4.69) is 20.5 Å². The fourth-order valence-electron chi connectivity index (χ4n) is 3.84. The Morgan fingerprint density at radius 3 is 2.67 bits per heavy atom. The molecule has 2 saturated heterocycles. The summed E-state index contributed by atoms with van der Waals surface area (Å²) in [6, 6.07) is 2.70. The number of benzene rings is 1. The van der Waals surface area contributed by atoms with E-state index < -0.39 is 17.6 Å². The van der Waals surface area contributed by atoms with Gasteiger partial charge in [-0.05, 0) is 36.8 Å². The zero-order chi connectivity index (χ0) is 21.6. The van der Waals surface area contributed by atoms with E-state index in [4.69, 9.17) is 4.74 Å². The summed E-state index contributed by atoms with van der Waals surface area (Å²) in [6.07, 6.45) is -3.58. The topological polar surface area (TPSA) is 48.9 Å². The Morgan fingerprint density at radius 1 is 1.27 bits per heavy atom. The van der Waals surface area contributed by atoms with Gasteiger partial charge in [-0.2, -0.15) is 24.9 Å². The summed E-state index contributed by atoms with van der Waals surface area (Å²) in [7, 11) is 0. The smallest absolute Gasteiger partial charge is 0.379 e. The van der Waals surface area contributed by atoms with Crippen LogP contribution < -0.4 is 10.6 Å². The second-order valence-corrected chi connectivity index (χ2v) is 8.58. The van der Waals surface area contributed by atoms with Crippen molar-refractivity contribution in [2.75, 3.05) is 50.9 Å². The van der Waals surface area contributed by atoms with Crippen molar-refractivity contribution in [3.05, 3.63) is 35.1 Å². The summed E-state index contributed by atoms with van der Waals surface area (Å²) in [5, 5.41) is 6.43. The zero-order valence-electron chi connectivity index (χ0n) is 17.0. The maximum Gasteiger partial charge on any atom is 0.416 e. The van der Waals surface area contributed by atoms with Crippen molar-refractivity contribution in [1.29, 1.82) is 0 Å². The van der Waals surface area contributed by atoms with Gasteiger partial charge in [0.1, 0.15) is 5.82 Å². The van der Waals surface area contributed by atoms with Crippen LogP contribution in [0.15, 0.2) is 23.2 Å². The zero-order valence-corrected chi connectivity index (χ0v) is 17.8. The number of alkyl halides is 3. The second-order valence-electron chi connectivity index (χ2n) is 7.47. The standard InChI is InChI=1S/C20H28F4N4OS/c1-2-25-18(26-12-15-3-4-16(21)11-17(15)20(22,23)24)27-13-19(5-10-30-14-19)28-6-8-29-9-7-28/h3-4,11H,2,5-10,12-14H2,1H3,(H2,25,26,27). The number of hydrogen-bond acceptors (Lipinski definition) is 4. The lowest BCUT2D eigenvalue weighted by atomic mass is 9.95. The number of halogens is 4. The van der Waals surface area contributed by atoms with E-state index in [1.165, 1.54) is 0 Å². The Labute approximate surface area is 178 Å². The van der Waals surface area contributed by atoms with Gasteiger partial charge in [-0.3, -0.25) is 4.90 Å². The molecule has 2 heterocycles. The number of hydrogen-bond donors (Lipinski definition) is 2. The minimum atomic E-state index is -4.62. The highest BCUT2D eigenvalue weighted by Gasteiger charge is 2.40. The fraction of sp³-hybridized carbons (Fsp3) is 0.650. The molecule has 168 valence electrons. The van der Waals surface area contributed by atoms with Crippen LogP contribution in [0.4, 0.5) is 17.6 Å². The molecule has 2 aliphatic heterocycles. The third-order valence-electron chi connectivity index (χ3n) is 5.48. The Bertz CT molecular complexity index is 732. The molecule has 5 nitrogen and oxygen atoms in total. The molecule has 2 aliphatic rings. The van der Waals surface area contributed by atoms with Gasteiger partial charge < -0.3 is 15.4 Å². The molecule has 0 aromatic heterocycles. The van der Waals surface area contributed by atoms with Crippen LogP contribution in [0.3, 0.4) is 0 Å². The molecular formula is C20H28F4N4OS. The third kappa shape index (κ3) is 5.79. The van der Waals surface area contributed by atoms with Gasteiger partial charge in [0.2, 0.25) is 0 Å². The monoisotopic (exact) mass is 448 g/mol. The molecular weight excluding hydrogens is 420 g/mol. The molecule has 0 aliphatic carbocycles. The summed E-state index contributed by atoms with van der Waals surface area (Å²) >= 11 is 1.91. The molecule has 2 fully saturated rings. The fourth-order valence-corrected chi connectivity index (χ4v) is 5.32. The first-order valence-corrected chi connectivity index (χ1v) is 11.3. The molecule has 10 heteroatoms. The predicted molar refractivity (Wildman–Crippen MR) is 111 cm³/mol. The average Bonchev–Trinajstić information content (AvgIpc) is 3.21. The molecule has 0 radical (unpaired) electrons. The molecule has 0 saturated carbocycles. The van der Waals surface area contributed by atoms with Gasteiger partial charge in [-0.1, -0.05) is 6.07 Å². The molecule has 3 rings (SSSR count). The van der Waals surface area contributed by atoms with Crippen molar-refractivity contribution >= 4 is 17.7 Å². The number of guanidine groups is 1. The van der Waals surface area contributed by atoms with E-state index in [0.717, 1.165) is 43.1 Å². The van der Waals surface area contributed by atoms with Crippen LogP contribution in [0.25, 0.3) is 0 Å². The number of ether oxygens (including phenoxy) is 1. The second kappa shape index (κ2) is 10.2. The largest absolute Gasteiger partial charge is 0.416 e. The average molecular weight is 449 g/mol. The molecule has 1 aromatic rings. The number of nitrogens with zero attached hydrogens (tertiary/aromatic N) is 2. The molecule has 1 unspecified atom stereocenters. The van der Waals surface area contributed by atoms with Crippen LogP contribution in [-0.4, -0.2) is 67.3 Å². The minimum Gasteiger partial charge on any atom is -0.379 e. The molecule has 0 bridgehead atoms. The molecule has 30 heavy (non-hydrogen) atoms. The quantitative estimate of drug-likeness (QED) is 0.398. The van der Waals surface area contributed by atoms with E-state index in [0.29, 0.717) is 38.3 Å². The van der Waals surface area contributed by atoms with Gasteiger partial charge in [0.25, 0.3) is 0 Å². The number of nitrogens with one attached hydrogen (secondary N) is 2. The van der Waals surface area contributed by atoms with Crippen LogP contribution in [-0.2, 0) is 17.5 Å². The number of aliphatic imine (C=N–C) groups is 1. The summed E-state index contributed by atoms with van der Waals surface area (Å²) < 4.78 is 58.5. The maximum atomic E-state index is 13.3. The highest BCUT2D eigenvalue weighted by molar-refractivity contribution is 7.99. The first kappa shape index (κ1) is 23.1. The first-order valence-electron chi connectivity index (χ1n) is 10.1. The molecule has 1 atom stereocenters. The first-order chi connectivity index (χ1) is 14.3. The number of thioether (sulfide) groups is 1. The minimum absolute atomic E-state index is 0.0162. The van der Waals surface area contributed by atoms with Gasteiger partial charge >= 0.3 is 6.18 Å². The lowest BCUT2D eigenvalue weighted by Crippen LogP contribution is -2.60. The SMILES string of the molecule is CCNC(=NCc1ccc(F)cc1C(F)(F)F)NCC1(N2CCOCC2)CCSC1. The van der Waals surface area contributed by atoms with Gasteiger partial charge in [-0.15, -0.1) is 0 Å². The van der Waals surface area contributed by atoms with E-state index in [1.54, 1.807) is 0 Å². The molecule has 1 aromatic carbocycles. The Morgan fingerprint density at radius 2 is 2.03 bits per heavy atom. The maximum absolute atomic E-state index is 13.3. The van der Waals surface area contributed by atoms with Crippen LogP contribution >= 0.6 is 11.8 Å². The number of rotatable bonds is 6. The summed E-state index contributed by atoms with van der Waals surface area (Å²) in [4.78, 5) is 6.80. The summed E-state index contributed by atoms with van der Waals surface area (Å²) in [5.74, 6) is 1.62. The summed E-state index contributed by atoms with van der Waals surface area (Å²) in [6.45, 7) is 6.13. The Hall–Kier alpha value is -1.52. The van der Waals surface area contributed by atoms with E-state index in [9.17, 15) is 17.6 Å². The number of morpholine rings is 1. The predicted octanol–water partition coefficient (Wildman–Crippen LogP) is 3.11. The van der Waals surface area contributed by atoms with Crippen LogP contribution in [0, 0.1) is 5.82 Å². The third-order valence-corrected chi connectivity index (χ3v) is 6.71. The lowest BCUT2D eigenvalue weighted by Gasteiger charge is -2.43. The molecule has 0 spiro atoms. The van der Waals surface area contributed by atoms with E-state index in [1.807, 2.05) is 18.7 Å². The van der Waals surface area contributed by atoms with Crippen molar-refractivity contribution in [3.63, 3.8) is 0 Å². The normalized spacial score (nSPS) is 23.6. The van der Waals surface area contributed by atoms with Crippen molar-refractivity contribution in [1.82, 2.24) is 15.5 Å². The van der Waals surface area contributed by atoms with Crippen LogP contribution in [0.1, 0.15) is 24.5 Å². The Balaban J connectivity index is 1.72. The highest BCUT2D eigenvalue weighted by atomic mass is 32.2. The molecule has 2 N–H and O–H groups in total. The lowest BCUT2D eigenvalue weighted by molar-refractivity contribution is -0.138.